The second-order valence-corrected chi connectivity index (χ2v) is 13.9. The maximum atomic E-state index is 13.2. The number of alkyl halides is 3. The summed E-state index contributed by atoms with van der Waals surface area (Å²) in [4.78, 5) is 2.13. The van der Waals surface area contributed by atoms with E-state index in [0.717, 1.165) is 10.8 Å². The minimum Gasteiger partial charge on any atom is -0.495 e. The molecule has 3 aromatic rings. The number of halogens is 3. The fourth-order valence-electron chi connectivity index (χ4n) is 4.66. The van der Waals surface area contributed by atoms with Crippen molar-refractivity contribution in [3.63, 3.8) is 0 Å². The molecule has 2 N–H and O–H groups in total. The van der Waals surface area contributed by atoms with E-state index in [4.69, 9.17) is 4.74 Å². The lowest BCUT2D eigenvalue weighted by Gasteiger charge is -2.29. The van der Waals surface area contributed by atoms with Gasteiger partial charge in [-0.25, -0.2) is 16.8 Å². The Morgan fingerprint density at radius 2 is 1.76 bits per heavy atom. The lowest BCUT2D eigenvalue weighted by Crippen LogP contribution is -2.39. The predicted octanol–water partition coefficient (Wildman–Crippen LogP) is 3.92. The first-order valence-electron chi connectivity index (χ1n) is 12.7. The predicted molar refractivity (Wildman–Crippen MR) is 153 cm³/mol. The van der Waals surface area contributed by atoms with Gasteiger partial charge in [-0.3, -0.25) is 4.72 Å². The Morgan fingerprint density at radius 3 is 2.39 bits per heavy atom. The largest absolute Gasteiger partial charge is 0.495 e. The number of anilines is 2. The highest BCUT2D eigenvalue weighted by molar-refractivity contribution is 7.93. The zero-order valence-corrected chi connectivity index (χ0v) is 24.4. The quantitative estimate of drug-likeness (QED) is 0.371. The number of nitrogens with one attached hydrogen (secondary N) is 2. The van der Waals surface area contributed by atoms with Crippen molar-refractivity contribution in [2.24, 2.45) is 0 Å². The number of sulfonamides is 1. The van der Waals surface area contributed by atoms with Gasteiger partial charge in [-0.05, 0) is 69.4 Å². The molecule has 1 aromatic heterocycles. The van der Waals surface area contributed by atoms with Crippen molar-refractivity contribution in [3.05, 3.63) is 48.2 Å². The summed E-state index contributed by atoms with van der Waals surface area (Å²) in [5.74, 6) is 6.13. The number of sulfone groups is 1. The number of aromatic nitrogens is 1. The molecule has 0 atom stereocenters. The number of rotatable bonds is 8. The van der Waals surface area contributed by atoms with Gasteiger partial charge in [0.05, 0.1) is 40.7 Å². The maximum Gasteiger partial charge on any atom is 0.406 e. The van der Waals surface area contributed by atoms with Gasteiger partial charge in [0.15, 0.2) is 9.84 Å². The Labute approximate surface area is 237 Å². The molecule has 0 saturated carbocycles. The molecule has 0 bridgehead atoms. The summed E-state index contributed by atoms with van der Waals surface area (Å²) in [7, 11) is -3.92. The lowest BCUT2D eigenvalue weighted by atomic mass is 10.1. The molecule has 1 aliphatic heterocycles. The van der Waals surface area contributed by atoms with Gasteiger partial charge in [0.25, 0.3) is 0 Å². The van der Waals surface area contributed by atoms with Crippen LogP contribution in [0.1, 0.15) is 18.4 Å². The Hall–Kier alpha value is -3.41. The highest BCUT2D eigenvalue weighted by Gasteiger charge is 2.31. The summed E-state index contributed by atoms with van der Waals surface area (Å²) in [5.41, 5.74) is 1.04. The fourth-order valence-corrected chi connectivity index (χ4v) is 6.78. The van der Waals surface area contributed by atoms with E-state index in [-0.39, 0.29) is 22.6 Å². The van der Waals surface area contributed by atoms with Crippen molar-refractivity contribution in [1.82, 2.24) is 9.47 Å². The first-order chi connectivity index (χ1) is 19.2. The molecule has 222 valence electrons. The van der Waals surface area contributed by atoms with E-state index >= 15 is 0 Å². The highest BCUT2D eigenvalue weighted by Crippen LogP contribution is 2.31. The molecule has 14 heteroatoms. The number of benzene rings is 2. The molecule has 0 amide bonds. The van der Waals surface area contributed by atoms with Crippen molar-refractivity contribution in [3.8, 4) is 17.6 Å². The first kappa shape index (κ1) is 30.5. The van der Waals surface area contributed by atoms with Crippen molar-refractivity contribution >= 4 is 42.1 Å². The van der Waals surface area contributed by atoms with Crippen molar-refractivity contribution in [2.75, 3.05) is 50.1 Å². The minimum absolute atomic E-state index is 0.0435. The molecule has 1 saturated heterocycles. The Bertz CT molecular complexity index is 1700. The highest BCUT2D eigenvalue weighted by atomic mass is 32.2. The Kier molecular flexibility index (Phi) is 8.81. The lowest BCUT2D eigenvalue weighted by molar-refractivity contribution is -0.139. The van der Waals surface area contributed by atoms with E-state index in [1.54, 1.807) is 0 Å². The minimum atomic E-state index is -4.48. The number of methoxy groups -OCH3 is 1. The topological polar surface area (TPSA) is 110 Å². The van der Waals surface area contributed by atoms with Crippen LogP contribution in [0.2, 0.25) is 0 Å². The van der Waals surface area contributed by atoms with Crippen LogP contribution in [0.5, 0.6) is 5.75 Å². The number of hydrogen-bond donors (Lipinski definition) is 2. The number of nitrogens with zero attached hydrogens (tertiary/aromatic N) is 2. The van der Waals surface area contributed by atoms with Gasteiger partial charge < -0.3 is 19.5 Å². The molecular formula is C27H31F3N4O5S2. The monoisotopic (exact) mass is 612 g/mol. The number of fused-ring (bicyclic) bond motifs is 1. The average molecular weight is 613 g/mol. The number of ether oxygens (including phenoxy) is 1. The summed E-state index contributed by atoms with van der Waals surface area (Å²) in [6, 6.07) is 8.79. The Morgan fingerprint density at radius 1 is 1.05 bits per heavy atom. The smallest absolute Gasteiger partial charge is 0.406 e. The molecule has 0 aliphatic carbocycles. The third-order valence-corrected chi connectivity index (χ3v) is 9.76. The molecule has 1 aliphatic rings. The summed E-state index contributed by atoms with van der Waals surface area (Å²) >= 11 is 0. The van der Waals surface area contributed by atoms with Crippen LogP contribution in [0, 0.1) is 11.8 Å². The Balaban J connectivity index is 1.65. The van der Waals surface area contributed by atoms with Gasteiger partial charge >= 0.3 is 6.18 Å². The van der Waals surface area contributed by atoms with E-state index in [2.05, 4.69) is 21.9 Å². The van der Waals surface area contributed by atoms with Crippen LogP contribution >= 0.6 is 0 Å². The molecular weight excluding hydrogens is 581 g/mol. The van der Waals surface area contributed by atoms with E-state index in [9.17, 15) is 30.0 Å². The third kappa shape index (κ3) is 7.66. The summed E-state index contributed by atoms with van der Waals surface area (Å²) in [5, 5.41) is 2.70. The van der Waals surface area contributed by atoms with Crippen LogP contribution in [-0.2, 0) is 26.4 Å². The maximum absolute atomic E-state index is 13.2. The standard InChI is InChI=1S/C27H31F3N4O5S2/c1-33-12-8-20(9-13-33)41(37,38)32-23-15-19(16-25-22(23)10-14-34(25)18-27(28,29)30)5-4-11-31-24-17-21(40(3,35)36)6-7-26(24)39-2/h6-7,10,14-17,20,31-32H,8-9,11-13,18H2,1-3H3. The molecule has 2 heterocycles. The molecule has 0 radical (unpaired) electrons. The SMILES string of the molecule is COc1ccc(S(C)(=O)=O)cc1NCC#Cc1cc(NS(=O)(=O)C2CCN(C)CC2)c2ccn(CC(F)(F)F)c2c1. The van der Waals surface area contributed by atoms with Gasteiger partial charge in [0.2, 0.25) is 10.0 Å². The molecule has 0 unspecified atom stereocenters. The third-order valence-electron chi connectivity index (χ3n) is 6.79. The van der Waals surface area contributed by atoms with Gasteiger partial charge in [0.1, 0.15) is 12.3 Å². The average Bonchev–Trinajstić information content (AvgIpc) is 3.27. The molecule has 9 nitrogen and oxygen atoms in total. The van der Waals surface area contributed by atoms with Crippen LogP contribution in [0.3, 0.4) is 0 Å². The molecule has 2 aromatic carbocycles. The van der Waals surface area contributed by atoms with E-state index in [1.807, 2.05) is 11.9 Å². The van der Waals surface area contributed by atoms with Crippen molar-refractivity contribution in [2.45, 2.75) is 35.7 Å². The van der Waals surface area contributed by atoms with E-state index in [0.29, 0.717) is 48.3 Å². The summed E-state index contributed by atoms with van der Waals surface area (Å²) in [6.07, 6.45) is -1.24. The number of likely N-dealkylation sites (tertiary alicyclic amines) is 1. The van der Waals surface area contributed by atoms with Crippen LogP contribution in [0.15, 0.2) is 47.5 Å². The van der Waals surface area contributed by atoms with Gasteiger partial charge in [-0.1, -0.05) is 11.8 Å². The zero-order chi connectivity index (χ0) is 30.0. The van der Waals surface area contributed by atoms with Gasteiger partial charge in [-0.15, -0.1) is 0 Å². The second-order valence-electron chi connectivity index (χ2n) is 9.95. The van der Waals surface area contributed by atoms with Crippen molar-refractivity contribution < 1.29 is 34.7 Å². The second kappa shape index (κ2) is 11.8. The number of hydrogen-bond acceptors (Lipinski definition) is 7. The molecule has 41 heavy (non-hydrogen) atoms. The van der Waals surface area contributed by atoms with E-state index in [1.165, 1.54) is 49.7 Å². The summed E-state index contributed by atoms with van der Waals surface area (Å²) in [6.45, 7) is 0.0487. The van der Waals surface area contributed by atoms with Gasteiger partial charge in [-0.2, -0.15) is 13.2 Å². The molecule has 0 spiro atoms. The molecule has 1 fully saturated rings. The van der Waals surface area contributed by atoms with Gasteiger partial charge in [0, 0.05) is 23.4 Å². The number of piperidine rings is 1. The molecule has 4 rings (SSSR count). The summed E-state index contributed by atoms with van der Waals surface area (Å²) < 4.78 is 98.9. The van der Waals surface area contributed by atoms with Crippen LogP contribution in [0.4, 0.5) is 24.5 Å². The fraction of sp³-hybridized carbons (Fsp3) is 0.407. The van der Waals surface area contributed by atoms with E-state index < -0.39 is 37.8 Å². The van der Waals surface area contributed by atoms with Crippen LogP contribution in [-0.4, -0.2) is 77.8 Å². The zero-order valence-electron chi connectivity index (χ0n) is 22.7. The van der Waals surface area contributed by atoms with Crippen molar-refractivity contribution in [1.29, 1.82) is 0 Å². The van der Waals surface area contributed by atoms with Crippen LogP contribution in [0.25, 0.3) is 10.9 Å². The first-order valence-corrected chi connectivity index (χ1v) is 16.1. The normalized spacial score (nSPS) is 15.4. The van der Waals surface area contributed by atoms with Crippen LogP contribution < -0.4 is 14.8 Å².